The van der Waals surface area contributed by atoms with Crippen LogP contribution in [0.15, 0.2) is 16.6 Å². The molecule has 0 radical (unpaired) electrons. The quantitative estimate of drug-likeness (QED) is 0.632. The largest absolute Gasteiger partial charge is 0.503 e. The maximum atomic E-state index is 9.82. The third kappa shape index (κ3) is 7.29. The van der Waals surface area contributed by atoms with E-state index in [4.69, 9.17) is 24.5 Å². The van der Waals surface area contributed by atoms with Gasteiger partial charge in [-0.25, -0.2) is 9.59 Å². The van der Waals surface area contributed by atoms with Gasteiger partial charge in [-0.1, -0.05) is 0 Å². The Morgan fingerprint density at radius 2 is 1.80 bits per heavy atom. The first-order chi connectivity index (χ1) is 11.7. The van der Waals surface area contributed by atoms with Crippen molar-refractivity contribution in [3.63, 3.8) is 0 Å². The van der Waals surface area contributed by atoms with E-state index < -0.39 is 11.9 Å². The van der Waals surface area contributed by atoms with Crippen LogP contribution in [-0.4, -0.2) is 77.4 Å². The Balaban J connectivity index is 0.000000450. The van der Waals surface area contributed by atoms with E-state index in [1.807, 2.05) is 12.1 Å². The Morgan fingerprint density at radius 3 is 2.36 bits per heavy atom. The fourth-order valence-electron chi connectivity index (χ4n) is 2.39. The molecule has 0 atom stereocenters. The standard InChI is InChI=1S/C14H21BrN2O2.C2H2O4/c1-16-4-3-5-17(7-6-16)10-11-8-12(15)14(18)13(9-11)19-2;3-1(4)2(5)6/h8-9,18H,3-7,10H2,1-2H3;(H,3,4)(H,5,6). The smallest absolute Gasteiger partial charge is 0.414 e. The van der Waals surface area contributed by atoms with Crippen molar-refractivity contribution in [2.45, 2.75) is 13.0 Å². The van der Waals surface area contributed by atoms with Gasteiger partial charge in [0.05, 0.1) is 11.6 Å². The second-order valence-corrected chi connectivity index (χ2v) is 6.53. The lowest BCUT2D eigenvalue weighted by atomic mass is 10.2. The van der Waals surface area contributed by atoms with Crippen LogP contribution in [0.1, 0.15) is 12.0 Å². The first kappa shape index (κ1) is 21.2. The summed E-state index contributed by atoms with van der Waals surface area (Å²) >= 11 is 3.37. The van der Waals surface area contributed by atoms with E-state index >= 15 is 0 Å². The van der Waals surface area contributed by atoms with Crippen LogP contribution in [0.4, 0.5) is 0 Å². The molecule has 1 saturated heterocycles. The third-order valence-electron chi connectivity index (χ3n) is 3.71. The molecule has 2 rings (SSSR count). The summed E-state index contributed by atoms with van der Waals surface area (Å²) in [6.45, 7) is 5.36. The molecule has 9 heteroatoms. The number of hydrogen-bond donors (Lipinski definition) is 3. The molecule has 0 unspecified atom stereocenters. The monoisotopic (exact) mass is 418 g/mol. The number of aromatic hydroxyl groups is 1. The molecule has 1 aliphatic heterocycles. The molecule has 0 amide bonds. The molecule has 1 aromatic rings. The fraction of sp³-hybridized carbons (Fsp3) is 0.500. The van der Waals surface area contributed by atoms with Gasteiger partial charge in [0.25, 0.3) is 0 Å². The second-order valence-electron chi connectivity index (χ2n) is 5.67. The number of nitrogens with zero attached hydrogens (tertiary/aromatic N) is 2. The van der Waals surface area contributed by atoms with Gasteiger partial charge in [-0.05, 0) is 60.2 Å². The Hall–Kier alpha value is -1.84. The van der Waals surface area contributed by atoms with Gasteiger partial charge in [0, 0.05) is 19.6 Å². The molecule has 0 saturated carbocycles. The Bertz CT molecular complexity index is 599. The zero-order chi connectivity index (χ0) is 19.0. The lowest BCUT2D eigenvalue weighted by Gasteiger charge is -2.20. The number of carbonyl (C=O) groups is 2. The van der Waals surface area contributed by atoms with Crippen LogP contribution < -0.4 is 4.74 Å². The molecular formula is C16H23BrN2O6. The molecule has 1 aliphatic rings. The molecule has 1 heterocycles. The lowest BCUT2D eigenvalue weighted by Crippen LogP contribution is -2.28. The van der Waals surface area contributed by atoms with E-state index in [-0.39, 0.29) is 5.75 Å². The molecule has 3 N–H and O–H groups in total. The molecule has 25 heavy (non-hydrogen) atoms. The number of phenols is 1. The number of likely N-dealkylation sites (N-methyl/N-ethyl adjacent to an activating group) is 1. The van der Waals surface area contributed by atoms with Gasteiger partial charge in [-0.15, -0.1) is 0 Å². The summed E-state index contributed by atoms with van der Waals surface area (Å²) < 4.78 is 5.88. The topological polar surface area (TPSA) is 111 Å². The van der Waals surface area contributed by atoms with E-state index in [9.17, 15) is 5.11 Å². The average molecular weight is 419 g/mol. The van der Waals surface area contributed by atoms with Gasteiger partial charge in [0.2, 0.25) is 0 Å². The predicted octanol–water partition coefficient (Wildman–Crippen LogP) is 1.46. The molecule has 1 aromatic carbocycles. The summed E-state index contributed by atoms with van der Waals surface area (Å²) in [5.74, 6) is -2.96. The number of hydrogen-bond acceptors (Lipinski definition) is 6. The van der Waals surface area contributed by atoms with Crippen molar-refractivity contribution < 1.29 is 29.6 Å². The molecule has 0 bridgehead atoms. The number of carboxylic acid groups (broad SMARTS) is 2. The highest BCUT2D eigenvalue weighted by Crippen LogP contribution is 2.35. The number of benzene rings is 1. The van der Waals surface area contributed by atoms with Crippen LogP contribution in [0.3, 0.4) is 0 Å². The Labute approximate surface area is 154 Å². The van der Waals surface area contributed by atoms with Crippen molar-refractivity contribution in [2.75, 3.05) is 40.3 Å². The van der Waals surface area contributed by atoms with Gasteiger partial charge >= 0.3 is 11.9 Å². The number of halogens is 1. The van der Waals surface area contributed by atoms with E-state index in [1.165, 1.54) is 13.0 Å². The number of methoxy groups -OCH3 is 1. The number of aliphatic carboxylic acids is 2. The van der Waals surface area contributed by atoms with Crippen LogP contribution in [0, 0.1) is 0 Å². The average Bonchev–Trinajstić information content (AvgIpc) is 2.75. The van der Waals surface area contributed by atoms with E-state index in [0.29, 0.717) is 10.2 Å². The zero-order valence-corrected chi connectivity index (χ0v) is 15.8. The summed E-state index contributed by atoms with van der Waals surface area (Å²) in [6, 6.07) is 3.88. The van der Waals surface area contributed by atoms with Gasteiger partial charge < -0.3 is 25.0 Å². The molecule has 1 fully saturated rings. The minimum atomic E-state index is -1.82. The lowest BCUT2D eigenvalue weighted by molar-refractivity contribution is -0.159. The maximum absolute atomic E-state index is 9.82. The molecule has 0 spiro atoms. The first-order valence-corrected chi connectivity index (χ1v) is 8.46. The number of carboxylic acids is 2. The number of ether oxygens (including phenoxy) is 1. The molecule has 0 aliphatic carbocycles. The predicted molar refractivity (Wildman–Crippen MR) is 95.0 cm³/mol. The summed E-state index contributed by atoms with van der Waals surface area (Å²) in [6.07, 6.45) is 1.20. The van der Waals surface area contributed by atoms with Gasteiger partial charge in [-0.2, -0.15) is 0 Å². The normalized spacial score (nSPS) is 15.6. The van der Waals surface area contributed by atoms with Crippen molar-refractivity contribution in [3.05, 3.63) is 22.2 Å². The fourth-order valence-corrected chi connectivity index (χ4v) is 2.88. The van der Waals surface area contributed by atoms with Crippen LogP contribution in [0.25, 0.3) is 0 Å². The van der Waals surface area contributed by atoms with Gasteiger partial charge in [-0.3, -0.25) is 4.90 Å². The van der Waals surface area contributed by atoms with Crippen molar-refractivity contribution in [1.29, 1.82) is 0 Å². The van der Waals surface area contributed by atoms with Crippen molar-refractivity contribution in [2.24, 2.45) is 0 Å². The summed E-state index contributed by atoms with van der Waals surface area (Å²) in [4.78, 5) is 23.0. The number of rotatable bonds is 3. The highest BCUT2D eigenvalue weighted by Gasteiger charge is 2.14. The van der Waals surface area contributed by atoms with E-state index in [0.717, 1.165) is 31.7 Å². The summed E-state index contributed by atoms with van der Waals surface area (Å²) in [5.41, 5.74) is 1.16. The van der Waals surface area contributed by atoms with Crippen molar-refractivity contribution >= 4 is 27.9 Å². The van der Waals surface area contributed by atoms with Gasteiger partial charge in [0.1, 0.15) is 0 Å². The third-order valence-corrected chi connectivity index (χ3v) is 4.31. The van der Waals surface area contributed by atoms with E-state index in [1.54, 1.807) is 7.11 Å². The SMILES string of the molecule is COc1cc(CN2CCCN(C)CC2)cc(Br)c1O.O=C(O)C(=O)O. The van der Waals surface area contributed by atoms with Crippen LogP contribution in [0.2, 0.25) is 0 Å². The first-order valence-electron chi connectivity index (χ1n) is 7.67. The van der Waals surface area contributed by atoms with E-state index in [2.05, 4.69) is 32.8 Å². The van der Waals surface area contributed by atoms with Crippen LogP contribution in [0.5, 0.6) is 11.5 Å². The molecule has 8 nitrogen and oxygen atoms in total. The second kappa shape index (κ2) is 10.2. The summed E-state index contributed by atoms with van der Waals surface area (Å²) in [5, 5.41) is 24.6. The molecular weight excluding hydrogens is 396 g/mol. The molecule has 0 aromatic heterocycles. The zero-order valence-electron chi connectivity index (χ0n) is 14.2. The molecule has 140 valence electrons. The van der Waals surface area contributed by atoms with Crippen LogP contribution >= 0.6 is 15.9 Å². The number of phenolic OH excluding ortho intramolecular Hbond substituents is 1. The van der Waals surface area contributed by atoms with Crippen molar-refractivity contribution in [3.8, 4) is 11.5 Å². The Kier molecular flexibility index (Phi) is 8.67. The Morgan fingerprint density at radius 1 is 1.16 bits per heavy atom. The maximum Gasteiger partial charge on any atom is 0.414 e. The highest BCUT2D eigenvalue weighted by molar-refractivity contribution is 9.10. The highest BCUT2D eigenvalue weighted by atomic mass is 79.9. The van der Waals surface area contributed by atoms with Gasteiger partial charge in [0.15, 0.2) is 11.5 Å². The van der Waals surface area contributed by atoms with Crippen LogP contribution in [-0.2, 0) is 16.1 Å². The minimum Gasteiger partial charge on any atom is -0.503 e. The minimum absolute atomic E-state index is 0.168. The van der Waals surface area contributed by atoms with Crippen molar-refractivity contribution in [1.82, 2.24) is 9.80 Å². The summed E-state index contributed by atoms with van der Waals surface area (Å²) in [7, 11) is 3.75.